The van der Waals surface area contributed by atoms with Crippen molar-refractivity contribution < 1.29 is 31.2 Å². The van der Waals surface area contributed by atoms with Gasteiger partial charge in [-0.05, 0) is 30.7 Å². The molecule has 6 nitrogen and oxygen atoms in total. The molecule has 0 unspecified atom stereocenters. The lowest BCUT2D eigenvalue weighted by Crippen LogP contribution is -2.40. The fourth-order valence-electron chi connectivity index (χ4n) is 1.42. The summed E-state index contributed by atoms with van der Waals surface area (Å²) in [5, 5.41) is 2.58. The second kappa shape index (κ2) is 6.80. The number of nitrogens with one attached hydrogen (secondary N) is 2. The van der Waals surface area contributed by atoms with Gasteiger partial charge in [0.15, 0.2) is 0 Å². The van der Waals surface area contributed by atoms with Crippen LogP contribution >= 0.6 is 0 Å². The molecule has 0 aromatic heterocycles. The third kappa shape index (κ3) is 4.95. The molecule has 1 aromatic carbocycles. The summed E-state index contributed by atoms with van der Waals surface area (Å²) in [6.45, 7) is 5.29. The molecule has 0 bridgehead atoms. The molecule has 0 fully saturated rings. The van der Waals surface area contributed by atoms with Gasteiger partial charge in [-0.15, -0.1) is 0 Å². The van der Waals surface area contributed by atoms with Crippen molar-refractivity contribution in [2.45, 2.75) is 38.3 Å². The largest absolute Gasteiger partial charge is 0.472 e. The maximum Gasteiger partial charge on any atom is 0.472 e. The van der Waals surface area contributed by atoms with Crippen LogP contribution in [0.5, 0.6) is 0 Å². The van der Waals surface area contributed by atoms with Crippen LogP contribution in [0, 0.1) is 5.41 Å². The highest BCUT2D eigenvalue weighted by molar-refractivity contribution is 7.90. The third-order valence-electron chi connectivity index (χ3n) is 3.41. The van der Waals surface area contributed by atoms with Crippen LogP contribution in [-0.4, -0.2) is 26.4 Å². The predicted octanol–water partition coefficient (Wildman–Crippen LogP) is 2.43. The molecule has 0 atom stereocenters. The summed E-state index contributed by atoms with van der Waals surface area (Å²) in [4.78, 5) is 22.2. The van der Waals surface area contributed by atoms with Crippen molar-refractivity contribution in [3.63, 3.8) is 0 Å². The van der Waals surface area contributed by atoms with Crippen molar-refractivity contribution in [3.05, 3.63) is 24.3 Å². The molecule has 0 aliphatic rings. The van der Waals surface area contributed by atoms with E-state index in [2.05, 4.69) is 5.32 Å². The van der Waals surface area contributed by atoms with Crippen LogP contribution in [0.3, 0.4) is 0 Å². The van der Waals surface area contributed by atoms with Gasteiger partial charge in [0.1, 0.15) is 0 Å². The Morgan fingerprint density at radius 2 is 1.54 bits per heavy atom. The summed E-state index contributed by atoms with van der Waals surface area (Å²) >= 11 is 0. The standard InChI is InChI=1S/C14H17F3N2O4S/c1-4-13(2,3)11(20)18-9-5-7-10(8-6-9)24(22,23)19-12(21)14(15,16)17/h5-8H,4H2,1-3H3,(H,18,20)(H,19,21). The van der Waals surface area contributed by atoms with Crippen LogP contribution < -0.4 is 10.0 Å². The Kier molecular flexibility index (Phi) is 5.65. The van der Waals surface area contributed by atoms with E-state index in [1.54, 1.807) is 13.8 Å². The molecular formula is C14H17F3N2O4S. The molecule has 10 heteroatoms. The molecule has 2 N–H and O–H groups in total. The quantitative estimate of drug-likeness (QED) is 0.837. The monoisotopic (exact) mass is 366 g/mol. The fourth-order valence-corrected chi connectivity index (χ4v) is 2.39. The van der Waals surface area contributed by atoms with E-state index in [0.717, 1.165) is 16.9 Å². The molecule has 0 saturated heterocycles. The Morgan fingerprint density at radius 1 is 1.04 bits per heavy atom. The number of hydrogen-bond donors (Lipinski definition) is 2. The van der Waals surface area contributed by atoms with Crippen molar-refractivity contribution in [1.29, 1.82) is 0 Å². The third-order valence-corrected chi connectivity index (χ3v) is 4.75. The summed E-state index contributed by atoms with van der Waals surface area (Å²) in [6, 6.07) is 4.41. The Bertz CT molecular complexity index is 725. The first kappa shape index (κ1) is 19.9. The van der Waals surface area contributed by atoms with Gasteiger partial charge in [-0.1, -0.05) is 20.8 Å². The maximum atomic E-state index is 12.1. The molecule has 134 valence electrons. The van der Waals surface area contributed by atoms with Crippen LogP contribution in [0.15, 0.2) is 29.2 Å². The van der Waals surface area contributed by atoms with E-state index in [1.807, 2.05) is 6.92 Å². The molecule has 0 heterocycles. The highest BCUT2D eigenvalue weighted by Crippen LogP contribution is 2.23. The highest BCUT2D eigenvalue weighted by Gasteiger charge is 2.41. The first-order valence-electron chi connectivity index (χ1n) is 6.85. The Hall–Kier alpha value is -2.10. The zero-order valence-electron chi connectivity index (χ0n) is 13.2. The van der Waals surface area contributed by atoms with E-state index < -0.39 is 32.4 Å². The Balaban J connectivity index is 2.91. The first-order chi connectivity index (χ1) is 10.8. The Labute approximate surface area is 137 Å². The zero-order chi connectivity index (χ0) is 18.8. The molecule has 0 saturated carbocycles. The van der Waals surface area contributed by atoms with Gasteiger partial charge < -0.3 is 5.32 Å². The van der Waals surface area contributed by atoms with Gasteiger partial charge in [0.2, 0.25) is 5.91 Å². The zero-order valence-corrected chi connectivity index (χ0v) is 14.0. The molecular weight excluding hydrogens is 349 g/mol. The van der Waals surface area contributed by atoms with E-state index in [0.29, 0.717) is 6.42 Å². The van der Waals surface area contributed by atoms with Gasteiger partial charge in [0.25, 0.3) is 10.0 Å². The molecule has 0 aliphatic heterocycles. The number of rotatable bonds is 5. The first-order valence-corrected chi connectivity index (χ1v) is 8.33. The molecule has 1 aromatic rings. The number of halogens is 3. The number of hydrogen-bond acceptors (Lipinski definition) is 4. The van der Waals surface area contributed by atoms with Crippen molar-refractivity contribution >= 4 is 27.5 Å². The van der Waals surface area contributed by atoms with Gasteiger partial charge in [-0.25, -0.2) is 13.1 Å². The number of carbonyl (C=O) groups excluding carboxylic acids is 2. The van der Waals surface area contributed by atoms with Crippen molar-refractivity contribution in [2.24, 2.45) is 5.41 Å². The summed E-state index contributed by atoms with van der Waals surface area (Å²) in [5.74, 6) is -2.87. The lowest BCUT2D eigenvalue weighted by atomic mass is 9.89. The molecule has 2 amide bonds. The minimum Gasteiger partial charge on any atom is -0.326 e. The number of sulfonamides is 1. The lowest BCUT2D eigenvalue weighted by Gasteiger charge is -2.21. The normalized spacial score (nSPS) is 12.6. The number of amides is 2. The van der Waals surface area contributed by atoms with E-state index in [-0.39, 0.29) is 11.6 Å². The second-order valence-corrected chi connectivity index (χ2v) is 7.33. The van der Waals surface area contributed by atoms with Gasteiger partial charge in [0.05, 0.1) is 4.90 Å². The van der Waals surface area contributed by atoms with Crippen LogP contribution in [-0.2, 0) is 19.6 Å². The van der Waals surface area contributed by atoms with Crippen LogP contribution in [0.2, 0.25) is 0 Å². The van der Waals surface area contributed by atoms with Crippen molar-refractivity contribution in [1.82, 2.24) is 4.72 Å². The molecule has 0 spiro atoms. The number of benzene rings is 1. The van der Waals surface area contributed by atoms with E-state index in [4.69, 9.17) is 0 Å². The topological polar surface area (TPSA) is 92.3 Å². The number of carbonyl (C=O) groups is 2. The van der Waals surface area contributed by atoms with Crippen LogP contribution in [0.1, 0.15) is 27.2 Å². The average molecular weight is 366 g/mol. The van der Waals surface area contributed by atoms with E-state index in [9.17, 15) is 31.2 Å². The Morgan fingerprint density at radius 3 is 1.96 bits per heavy atom. The van der Waals surface area contributed by atoms with Gasteiger partial charge >= 0.3 is 12.1 Å². The smallest absolute Gasteiger partial charge is 0.326 e. The number of anilines is 1. The second-order valence-electron chi connectivity index (χ2n) is 5.65. The van der Waals surface area contributed by atoms with Crippen molar-refractivity contribution in [3.8, 4) is 0 Å². The molecule has 24 heavy (non-hydrogen) atoms. The van der Waals surface area contributed by atoms with E-state index in [1.165, 1.54) is 12.1 Å². The van der Waals surface area contributed by atoms with Gasteiger partial charge in [0, 0.05) is 11.1 Å². The van der Waals surface area contributed by atoms with Crippen LogP contribution in [0.25, 0.3) is 0 Å². The van der Waals surface area contributed by atoms with Crippen molar-refractivity contribution in [2.75, 3.05) is 5.32 Å². The van der Waals surface area contributed by atoms with Gasteiger partial charge in [-0.2, -0.15) is 13.2 Å². The number of alkyl halides is 3. The maximum absolute atomic E-state index is 12.1. The van der Waals surface area contributed by atoms with Crippen LogP contribution in [0.4, 0.5) is 18.9 Å². The molecule has 1 rings (SSSR count). The SMILES string of the molecule is CCC(C)(C)C(=O)Nc1ccc(S(=O)(=O)NC(=O)C(F)(F)F)cc1. The summed E-state index contributed by atoms with van der Waals surface area (Å²) in [7, 11) is -4.65. The summed E-state index contributed by atoms with van der Waals surface area (Å²) < 4.78 is 60.7. The fraction of sp³-hybridized carbons (Fsp3) is 0.429. The van der Waals surface area contributed by atoms with Gasteiger partial charge in [-0.3, -0.25) is 9.59 Å². The minimum absolute atomic E-state index is 0.280. The summed E-state index contributed by atoms with van der Waals surface area (Å²) in [6.07, 6.45) is -4.73. The highest BCUT2D eigenvalue weighted by atomic mass is 32.2. The molecule has 0 radical (unpaired) electrons. The minimum atomic E-state index is -5.31. The molecule has 0 aliphatic carbocycles. The van der Waals surface area contributed by atoms with E-state index >= 15 is 0 Å². The average Bonchev–Trinajstić information content (AvgIpc) is 2.46. The summed E-state index contributed by atoms with van der Waals surface area (Å²) in [5.41, 5.74) is -0.353. The predicted molar refractivity (Wildman–Crippen MR) is 80.5 cm³/mol. The lowest BCUT2D eigenvalue weighted by molar-refractivity contribution is -0.171.